The second-order valence-corrected chi connectivity index (χ2v) is 2.71. The molecule has 1 aliphatic rings. The molecule has 1 aliphatic heterocycles. The molecule has 64 valence electrons. The summed E-state index contributed by atoms with van der Waals surface area (Å²) < 4.78 is 1.52. The monoisotopic (exact) mass is 167 g/mol. The maximum atomic E-state index is 11.2. The summed E-state index contributed by atoms with van der Waals surface area (Å²) in [6.45, 7) is 1.48. The Morgan fingerprint density at radius 1 is 1.67 bits per heavy atom. The first-order valence-corrected chi connectivity index (χ1v) is 3.82. The summed E-state index contributed by atoms with van der Waals surface area (Å²) in [6, 6.07) is 1.12. The average molecular weight is 167 g/mol. The normalized spacial score (nSPS) is 15.0. The van der Waals surface area contributed by atoms with Crippen LogP contribution in [0.1, 0.15) is 6.42 Å². The maximum Gasteiger partial charge on any atom is 0.258 e. The van der Waals surface area contributed by atoms with Crippen molar-refractivity contribution in [3.8, 4) is 5.88 Å². The summed E-state index contributed by atoms with van der Waals surface area (Å²) in [5, 5.41) is 11.9. The summed E-state index contributed by atoms with van der Waals surface area (Å²) in [6.07, 6.45) is 0.916. The van der Waals surface area contributed by atoms with E-state index in [1.54, 1.807) is 0 Å². The number of hydrogen-bond acceptors (Lipinski definition) is 4. The molecule has 2 rings (SSSR count). The number of aromatic hydroxyl groups is 1. The lowest BCUT2D eigenvalue weighted by Crippen LogP contribution is -2.29. The maximum absolute atomic E-state index is 11.2. The summed E-state index contributed by atoms with van der Waals surface area (Å²) in [5.41, 5.74) is -0.204. The van der Waals surface area contributed by atoms with Crippen LogP contribution >= 0.6 is 0 Å². The minimum absolute atomic E-state index is 0.204. The fourth-order valence-electron chi connectivity index (χ4n) is 1.28. The highest BCUT2D eigenvalue weighted by Crippen LogP contribution is 2.10. The molecule has 0 unspecified atom stereocenters. The Labute approximate surface area is 68.7 Å². The second kappa shape index (κ2) is 2.51. The molecule has 0 atom stereocenters. The molecule has 1 aromatic rings. The molecule has 0 saturated heterocycles. The second-order valence-electron chi connectivity index (χ2n) is 2.71. The Balaban J connectivity index is 2.60. The molecule has 5 heteroatoms. The first-order valence-electron chi connectivity index (χ1n) is 3.82. The van der Waals surface area contributed by atoms with Gasteiger partial charge in [-0.1, -0.05) is 0 Å². The highest BCUT2D eigenvalue weighted by atomic mass is 16.3. The average Bonchev–Trinajstić information content (AvgIpc) is 2.04. The largest absolute Gasteiger partial charge is 0.493 e. The Bertz CT molecular complexity index is 358. The van der Waals surface area contributed by atoms with Gasteiger partial charge in [-0.15, -0.1) is 0 Å². The summed E-state index contributed by atoms with van der Waals surface area (Å²) >= 11 is 0. The summed E-state index contributed by atoms with van der Waals surface area (Å²) in [5.74, 6) is 0.243. The number of nitrogens with one attached hydrogen (secondary N) is 1. The molecule has 5 nitrogen and oxygen atoms in total. The zero-order valence-electron chi connectivity index (χ0n) is 6.45. The van der Waals surface area contributed by atoms with Crippen molar-refractivity contribution in [3.05, 3.63) is 16.4 Å². The predicted octanol–water partition coefficient (Wildman–Crippen LogP) is -0.236. The van der Waals surface area contributed by atoms with E-state index >= 15 is 0 Å². The lowest BCUT2D eigenvalue weighted by molar-refractivity contribution is 0.444. The van der Waals surface area contributed by atoms with Crippen LogP contribution in [0, 0.1) is 0 Å². The topological polar surface area (TPSA) is 67.1 Å². The Hall–Kier alpha value is -1.52. The van der Waals surface area contributed by atoms with Gasteiger partial charge < -0.3 is 10.4 Å². The van der Waals surface area contributed by atoms with Crippen LogP contribution in [0.25, 0.3) is 0 Å². The lowest BCUT2D eigenvalue weighted by atomic mass is 10.3. The van der Waals surface area contributed by atoms with Gasteiger partial charge in [0.05, 0.1) is 6.07 Å². The number of anilines is 1. The third kappa shape index (κ3) is 1.03. The minimum atomic E-state index is -0.222. The highest BCUT2D eigenvalue weighted by Gasteiger charge is 2.11. The molecule has 0 aliphatic carbocycles. The van der Waals surface area contributed by atoms with Crippen molar-refractivity contribution >= 4 is 5.95 Å². The van der Waals surface area contributed by atoms with Crippen molar-refractivity contribution in [3.63, 3.8) is 0 Å². The van der Waals surface area contributed by atoms with E-state index < -0.39 is 0 Å². The fourth-order valence-corrected chi connectivity index (χ4v) is 1.28. The number of aromatic nitrogens is 2. The van der Waals surface area contributed by atoms with E-state index in [1.807, 2.05) is 0 Å². The van der Waals surface area contributed by atoms with E-state index in [9.17, 15) is 4.79 Å². The quantitative estimate of drug-likeness (QED) is 0.559. The van der Waals surface area contributed by atoms with Crippen LogP contribution in [0.5, 0.6) is 5.88 Å². The van der Waals surface area contributed by atoms with Crippen LogP contribution in [0.15, 0.2) is 10.9 Å². The molecular formula is C7H9N3O2. The van der Waals surface area contributed by atoms with E-state index in [-0.39, 0.29) is 11.4 Å². The number of fused-ring (bicyclic) bond motifs is 1. The van der Waals surface area contributed by atoms with Crippen molar-refractivity contribution in [2.24, 2.45) is 0 Å². The Kier molecular flexibility index (Phi) is 1.49. The van der Waals surface area contributed by atoms with Crippen molar-refractivity contribution < 1.29 is 5.11 Å². The van der Waals surface area contributed by atoms with Gasteiger partial charge in [0.1, 0.15) is 0 Å². The number of hydrogen-bond donors (Lipinski definition) is 2. The van der Waals surface area contributed by atoms with Gasteiger partial charge in [0.15, 0.2) is 0 Å². The van der Waals surface area contributed by atoms with Crippen molar-refractivity contribution in [1.29, 1.82) is 0 Å². The zero-order valence-corrected chi connectivity index (χ0v) is 6.45. The molecule has 0 aromatic carbocycles. The van der Waals surface area contributed by atoms with Crippen molar-refractivity contribution in [2.45, 2.75) is 13.0 Å². The molecule has 0 fully saturated rings. The van der Waals surface area contributed by atoms with Crippen molar-refractivity contribution in [1.82, 2.24) is 9.55 Å². The van der Waals surface area contributed by atoms with Crippen LogP contribution in [-0.2, 0) is 6.54 Å². The van der Waals surface area contributed by atoms with Crippen LogP contribution in [0.3, 0.4) is 0 Å². The molecule has 0 bridgehead atoms. The number of nitrogens with zero attached hydrogens (tertiary/aromatic N) is 2. The molecule has 0 radical (unpaired) electrons. The van der Waals surface area contributed by atoms with E-state index in [4.69, 9.17) is 5.11 Å². The highest BCUT2D eigenvalue weighted by molar-refractivity contribution is 5.30. The lowest BCUT2D eigenvalue weighted by Gasteiger charge is -2.17. The Morgan fingerprint density at radius 2 is 2.50 bits per heavy atom. The molecule has 12 heavy (non-hydrogen) atoms. The molecule has 0 amide bonds. The van der Waals surface area contributed by atoms with Gasteiger partial charge in [-0.05, 0) is 6.42 Å². The zero-order chi connectivity index (χ0) is 8.55. The molecule has 2 heterocycles. The third-order valence-corrected chi connectivity index (χ3v) is 1.84. The van der Waals surface area contributed by atoms with Gasteiger partial charge in [0.25, 0.3) is 5.56 Å². The molecule has 0 saturated carbocycles. The van der Waals surface area contributed by atoms with Gasteiger partial charge in [-0.2, -0.15) is 4.98 Å². The fraction of sp³-hybridized carbons (Fsp3) is 0.429. The van der Waals surface area contributed by atoms with Crippen molar-refractivity contribution in [2.75, 3.05) is 11.9 Å². The van der Waals surface area contributed by atoms with Crippen LogP contribution in [-0.4, -0.2) is 21.2 Å². The first kappa shape index (κ1) is 7.15. The van der Waals surface area contributed by atoms with Gasteiger partial charge in [0, 0.05) is 13.1 Å². The number of rotatable bonds is 0. The standard InChI is InChI=1S/C7H9N3O2/c11-5-4-6(12)10-3-1-2-8-7(10)9-5/h4,11H,1-3H2,(H,8,9). The summed E-state index contributed by atoms with van der Waals surface area (Å²) in [7, 11) is 0. The molecular weight excluding hydrogens is 158 g/mol. The van der Waals surface area contributed by atoms with E-state index in [1.165, 1.54) is 4.57 Å². The van der Waals surface area contributed by atoms with Gasteiger partial charge >= 0.3 is 0 Å². The minimum Gasteiger partial charge on any atom is -0.493 e. The van der Waals surface area contributed by atoms with Crippen LogP contribution in [0.4, 0.5) is 5.95 Å². The van der Waals surface area contributed by atoms with E-state index in [2.05, 4.69) is 10.3 Å². The predicted molar refractivity (Wildman–Crippen MR) is 43.3 cm³/mol. The van der Waals surface area contributed by atoms with E-state index in [0.29, 0.717) is 12.5 Å². The first-order chi connectivity index (χ1) is 5.77. The molecule has 1 aromatic heterocycles. The molecule has 2 N–H and O–H groups in total. The third-order valence-electron chi connectivity index (χ3n) is 1.84. The van der Waals surface area contributed by atoms with Crippen LogP contribution < -0.4 is 10.9 Å². The van der Waals surface area contributed by atoms with Gasteiger partial charge in [0.2, 0.25) is 11.8 Å². The smallest absolute Gasteiger partial charge is 0.258 e. The molecule has 0 spiro atoms. The van der Waals surface area contributed by atoms with E-state index in [0.717, 1.165) is 19.0 Å². The van der Waals surface area contributed by atoms with Gasteiger partial charge in [-0.25, -0.2) is 0 Å². The summed E-state index contributed by atoms with van der Waals surface area (Å²) in [4.78, 5) is 15.0. The Morgan fingerprint density at radius 3 is 3.33 bits per heavy atom. The van der Waals surface area contributed by atoms with Crippen LogP contribution in [0.2, 0.25) is 0 Å². The SMILES string of the molecule is O=c1cc(O)nc2n1CCCN2. The van der Waals surface area contributed by atoms with Gasteiger partial charge in [-0.3, -0.25) is 9.36 Å².